The van der Waals surface area contributed by atoms with Gasteiger partial charge in [-0.25, -0.2) is 4.98 Å². The first-order valence-corrected chi connectivity index (χ1v) is 19.8. The van der Waals surface area contributed by atoms with Gasteiger partial charge < -0.3 is 18.8 Å². The number of carbonyl (C=O) groups is 4. The summed E-state index contributed by atoms with van der Waals surface area (Å²) in [5.74, 6) is -0.245. The molecule has 0 radical (unpaired) electrons. The normalized spacial score (nSPS) is 19.0. The van der Waals surface area contributed by atoms with Crippen molar-refractivity contribution < 1.29 is 33.4 Å². The van der Waals surface area contributed by atoms with Crippen LogP contribution in [-0.2, 0) is 23.1 Å². The summed E-state index contributed by atoms with van der Waals surface area (Å²) in [5.41, 5.74) is 5.91. The molecule has 4 amide bonds. The lowest BCUT2D eigenvalue weighted by molar-refractivity contribution is -0.136. The SMILES string of the molecule is Cn1c2ccncc2c2ccc(-c3ccc(O[C@H]4C[C@H](Oc5ccc(CCCCCCOc6ccc7c(c6)C(=O)N(C6CCC(=O)NC6=O)C7=O)nc5)C4)nc3)cc21. The predicted octanol–water partition coefficient (Wildman–Crippen LogP) is 6.76. The average molecular weight is 779 g/mol. The third-order valence-corrected chi connectivity index (χ3v) is 11.3. The molecule has 0 bridgehead atoms. The molecule has 6 heterocycles. The van der Waals surface area contributed by atoms with Gasteiger partial charge in [-0.3, -0.25) is 39.4 Å². The number of rotatable bonds is 14. The second-order valence-electron chi connectivity index (χ2n) is 15.2. The number of pyridine rings is 3. The third-order valence-electron chi connectivity index (χ3n) is 11.3. The van der Waals surface area contributed by atoms with Crippen LogP contribution >= 0.6 is 0 Å². The maximum Gasteiger partial charge on any atom is 0.262 e. The van der Waals surface area contributed by atoms with Crippen LogP contribution in [0.3, 0.4) is 0 Å². The number of imide groups is 2. The van der Waals surface area contributed by atoms with Crippen molar-refractivity contribution in [3.63, 3.8) is 0 Å². The largest absolute Gasteiger partial charge is 0.494 e. The topological polar surface area (TPSA) is 155 Å². The number of hydrogen-bond donors (Lipinski definition) is 1. The van der Waals surface area contributed by atoms with Crippen LogP contribution in [0.2, 0.25) is 0 Å². The van der Waals surface area contributed by atoms with Gasteiger partial charge in [-0.1, -0.05) is 25.0 Å². The minimum absolute atomic E-state index is 0.0582. The van der Waals surface area contributed by atoms with Crippen LogP contribution < -0.4 is 19.5 Å². The number of amides is 4. The number of benzene rings is 2. The molecule has 1 saturated heterocycles. The molecule has 1 saturated carbocycles. The molecular formula is C45H42N6O7. The zero-order valence-corrected chi connectivity index (χ0v) is 32.1. The van der Waals surface area contributed by atoms with E-state index in [4.69, 9.17) is 14.2 Å². The van der Waals surface area contributed by atoms with E-state index < -0.39 is 29.7 Å². The molecule has 0 spiro atoms. The van der Waals surface area contributed by atoms with Crippen molar-refractivity contribution in [1.29, 1.82) is 0 Å². The minimum atomic E-state index is -0.990. The van der Waals surface area contributed by atoms with E-state index in [-0.39, 0.29) is 36.2 Å². The number of piperidine rings is 1. The molecule has 9 rings (SSSR count). The number of aryl methyl sites for hydroxylation is 2. The highest BCUT2D eigenvalue weighted by molar-refractivity contribution is 6.23. The molecule has 1 atom stereocenters. The fraction of sp³-hybridized carbons (Fsp3) is 0.311. The van der Waals surface area contributed by atoms with E-state index in [9.17, 15) is 19.2 Å². The molecule has 3 aliphatic rings. The molecule has 1 aliphatic carbocycles. The number of nitrogens with one attached hydrogen (secondary N) is 1. The molecular weight excluding hydrogens is 737 g/mol. The summed E-state index contributed by atoms with van der Waals surface area (Å²) in [6.07, 6.45) is 14.0. The summed E-state index contributed by atoms with van der Waals surface area (Å²) in [4.78, 5) is 64.2. The van der Waals surface area contributed by atoms with Gasteiger partial charge in [0.25, 0.3) is 11.8 Å². The number of carbonyl (C=O) groups excluding carboxylic acids is 4. The molecule has 2 fully saturated rings. The Morgan fingerprint density at radius 2 is 1.53 bits per heavy atom. The second kappa shape index (κ2) is 15.7. The molecule has 2 aliphatic heterocycles. The second-order valence-corrected chi connectivity index (χ2v) is 15.2. The molecule has 1 unspecified atom stereocenters. The first-order valence-electron chi connectivity index (χ1n) is 19.8. The molecule has 1 N–H and O–H groups in total. The standard InChI is InChI=1S/C45H42N6O7/c1-50-38-17-18-46-26-37(38)34-12-7-27(20-40(34)50)28-8-16-42(48-24-28)58-33-21-32(22-33)57-31-10-9-29(47-25-31)6-4-2-3-5-19-56-30-11-13-35-36(23-30)45(55)51(44(35)54)39-14-15-41(52)49-43(39)53/h7-13,16-18,20,23-26,32-33,39H,2-6,14-15,19,21-22H2,1H3,(H,49,52,53)/t32-,33-,39?. The van der Waals surface area contributed by atoms with Crippen LogP contribution in [0.5, 0.6) is 17.4 Å². The van der Waals surface area contributed by atoms with Gasteiger partial charge in [0, 0.05) is 78.5 Å². The highest BCUT2D eigenvalue weighted by Crippen LogP contribution is 2.34. The van der Waals surface area contributed by atoms with Crippen LogP contribution in [0.4, 0.5) is 0 Å². The Morgan fingerprint density at radius 1 is 0.724 bits per heavy atom. The zero-order valence-electron chi connectivity index (χ0n) is 32.1. The lowest BCUT2D eigenvalue weighted by Crippen LogP contribution is -2.54. The average Bonchev–Trinajstić information content (AvgIpc) is 3.65. The van der Waals surface area contributed by atoms with E-state index in [1.807, 2.05) is 42.9 Å². The number of fused-ring (bicyclic) bond motifs is 4. The van der Waals surface area contributed by atoms with Gasteiger partial charge in [0.05, 0.1) is 29.4 Å². The van der Waals surface area contributed by atoms with Crippen LogP contribution in [0.1, 0.15) is 77.8 Å². The third kappa shape index (κ3) is 7.35. The van der Waals surface area contributed by atoms with E-state index in [2.05, 4.69) is 56.1 Å². The Bertz CT molecular complexity index is 2550. The monoisotopic (exact) mass is 778 g/mol. The fourth-order valence-electron chi connectivity index (χ4n) is 8.05. The molecule has 4 aromatic heterocycles. The molecule has 294 valence electrons. The first kappa shape index (κ1) is 37.0. The molecule has 2 aromatic carbocycles. The maximum absolute atomic E-state index is 13.1. The van der Waals surface area contributed by atoms with Crippen molar-refractivity contribution in [3.05, 3.63) is 108 Å². The number of ether oxygens (including phenoxy) is 3. The summed E-state index contributed by atoms with van der Waals surface area (Å²) in [5, 5.41) is 4.54. The zero-order chi connectivity index (χ0) is 39.8. The molecule has 58 heavy (non-hydrogen) atoms. The fourth-order valence-corrected chi connectivity index (χ4v) is 8.05. The summed E-state index contributed by atoms with van der Waals surface area (Å²) in [6.45, 7) is 0.473. The number of unbranched alkanes of at least 4 members (excludes halogenated alkanes) is 3. The van der Waals surface area contributed by atoms with Gasteiger partial charge in [-0.05, 0) is 79.8 Å². The van der Waals surface area contributed by atoms with E-state index in [1.165, 1.54) is 5.39 Å². The maximum atomic E-state index is 13.1. The van der Waals surface area contributed by atoms with Crippen molar-refractivity contribution >= 4 is 45.4 Å². The molecule has 6 aromatic rings. The van der Waals surface area contributed by atoms with Crippen molar-refractivity contribution in [2.24, 2.45) is 7.05 Å². The van der Waals surface area contributed by atoms with Gasteiger partial charge in [0.2, 0.25) is 17.7 Å². The Kier molecular flexibility index (Phi) is 10.0. The predicted molar refractivity (Wildman–Crippen MR) is 215 cm³/mol. The summed E-state index contributed by atoms with van der Waals surface area (Å²) >= 11 is 0. The molecule has 13 heteroatoms. The highest BCUT2D eigenvalue weighted by Gasteiger charge is 2.44. The first-order chi connectivity index (χ1) is 28.3. The lowest BCUT2D eigenvalue weighted by atomic mass is 9.92. The van der Waals surface area contributed by atoms with Gasteiger partial charge in [0.15, 0.2) is 0 Å². The van der Waals surface area contributed by atoms with Crippen LogP contribution in [0.15, 0.2) is 91.5 Å². The number of nitrogens with zero attached hydrogens (tertiary/aromatic N) is 5. The van der Waals surface area contributed by atoms with Gasteiger partial charge in [-0.15, -0.1) is 0 Å². The van der Waals surface area contributed by atoms with Crippen molar-refractivity contribution in [1.82, 2.24) is 29.7 Å². The van der Waals surface area contributed by atoms with E-state index >= 15 is 0 Å². The van der Waals surface area contributed by atoms with Crippen molar-refractivity contribution in [2.75, 3.05) is 6.61 Å². The Morgan fingerprint density at radius 3 is 2.34 bits per heavy atom. The number of hydrogen-bond acceptors (Lipinski definition) is 10. The molecule has 13 nitrogen and oxygen atoms in total. The van der Waals surface area contributed by atoms with Gasteiger partial charge in [0.1, 0.15) is 29.7 Å². The van der Waals surface area contributed by atoms with Crippen molar-refractivity contribution in [2.45, 2.75) is 76.0 Å². The summed E-state index contributed by atoms with van der Waals surface area (Å²) in [6, 6.07) is 20.3. The van der Waals surface area contributed by atoms with E-state index in [1.54, 1.807) is 24.4 Å². The minimum Gasteiger partial charge on any atom is -0.494 e. The van der Waals surface area contributed by atoms with Crippen LogP contribution in [0.25, 0.3) is 32.9 Å². The Labute approximate surface area is 334 Å². The summed E-state index contributed by atoms with van der Waals surface area (Å²) in [7, 11) is 2.08. The van der Waals surface area contributed by atoms with Crippen molar-refractivity contribution in [3.8, 4) is 28.5 Å². The highest BCUT2D eigenvalue weighted by atomic mass is 16.5. The van der Waals surface area contributed by atoms with E-state index in [0.29, 0.717) is 18.2 Å². The van der Waals surface area contributed by atoms with Gasteiger partial charge >= 0.3 is 0 Å². The lowest BCUT2D eigenvalue weighted by Gasteiger charge is -2.34. The summed E-state index contributed by atoms with van der Waals surface area (Å²) < 4.78 is 20.4. The van der Waals surface area contributed by atoms with Crippen LogP contribution in [-0.4, -0.2) is 72.9 Å². The van der Waals surface area contributed by atoms with Gasteiger partial charge in [-0.2, -0.15) is 0 Å². The number of aromatic nitrogens is 4. The Balaban J connectivity index is 0.664. The smallest absolute Gasteiger partial charge is 0.262 e. The van der Waals surface area contributed by atoms with E-state index in [0.717, 1.165) is 88.8 Å². The Hall–Kier alpha value is -6.63. The quantitative estimate of drug-likeness (QED) is 0.0927. The van der Waals surface area contributed by atoms with Crippen LogP contribution in [0, 0.1) is 0 Å².